The van der Waals surface area contributed by atoms with Gasteiger partial charge in [0.15, 0.2) is 0 Å². The Labute approximate surface area is 143 Å². The van der Waals surface area contributed by atoms with Crippen LogP contribution in [0.25, 0.3) is 0 Å². The van der Waals surface area contributed by atoms with Crippen LogP contribution in [0.2, 0.25) is 10.9 Å². The number of carbonyl (C=O) groups excluding carboxylic acids is 1. The van der Waals surface area contributed by atoms with E-state index in [2.05, 4.69) is 5.32 Å². The standard InChI is InChI=1S/C17H13B3NO3/c18-16-17(19,20-16)9-10-1-7-13(8-2-10)21-14(22)11-3-5-12(6-4-11)15(23)24/h1-8,16H,9H2,(H,21,22)(H,23,24). The lowest BCUT2D eigenvalue weighted by Crippen LogP contribution is -2.12. The van der Waals surface area contributed by atoms with Gasteiger partial charge in [0.1, 0.15) is 0 Å². The van der Waals surface area contributed by atoms with Crippen LogP contribution in [0.3, 0.4) is 0 Å². The van der Waals surface area contributed by atoms with Crippen molar-refractivity contribution in [2.45, 2.75) is 17.4 Å². The third-order valence-corrected chi connectivity index (χ3v) is 4.12. The van der Waals surface area contributed by atoms with E-state index in [1.165, 1.54) is 24.3 Å². The smallest absolute Gasteiger partial charge is 0.335 e. The van der Waals surface area contributed by atoms with Crippen LogP contribution >= 0.6 is 0 Å². The molecule has 5 radical (unpaired) electrons. The fourth-order valence-corrected chi connectivity index (χ4v) is 2.49. The quantitative estimate of drug-likeness (QED) is 0.831. The number of carboxylic acid groups (broad SMARTS) is 1. The number of carbonyl (C=O) groups is 2. The van der Waals surface area contributed by atoms with Crippen LogP contribution in [0.5, 0.6) is 0 Å². The van der Waals surface area contributed by atoms with Gasteiger partial charge in [-0.1, -0.05) is 17.3 Å². The van der Waals surface area contributed by atoms with Gasteiger partial charge in [0.05, 0.1) is 28.5 Å². The molecule has 1 saturated heterocycles. The van der Waals surface area contributed by atoms with Gasteiger partial charge in [-0.3, -0.25) is 4.79 Å². The minimum absolute atomic E-state index is 0.0642. The molecule has 1 fully saturated rings. The van der Waals surface area contributed by atoms with E-state index in [0.29, 0.717) is 17.7 Å². The van der Waals surface area contributed by atoms with Crippen molar-refractivity contribution in [2.24, 2.45) is 0 Å². The van der Waals surface area contributed by atoms with Gasteiger partial charge in [-0.25, -0.2) is 4.79 Å². The number of hydrogen-bond donors (Lipinski definition) is 2. The second-order valence-corrected chi connectivity index (χ2v) is 6.02. The number of rotatable bonds is 5. The molecule has 2 N–H and O–H groups in total. The lowest BCUT2D eigenvalue weighted by Gasteiger charge is -2.12. The van der Waals surface area contributed by atoms with Crippen LogP contribution < -0.4 is 5.32 Å². The summed E-state index contributed by atoms with van der Waals surface area (Å²) in [6.45, 7) is 0. The maximum Gasteiger partial charge on any atom is 0.335 e. The van der Waals surface area contributed by atoms with E-state index in [1.54, 1.807) is 12.1 Å². The van der Waals surface area contributed by atoms with Crippen molar-refractivity contribution in [3.63, 3.8) is 0 Å². The average Bonchev–Trinajstić information content (AvgIpc) is 3.15. The van der Waals surface area contributed by atoms with Gasteiger partial charge < -0.3 is 10.4 Å². The molecule has 2 aromatic carbocycles. The Kier molecular flexibility index (Phi) is 4.27. The van der Waals surface area contributed by atoms with Crippen molar-refractivity contribution in [1.29, 1.82) is 0 Å². The monoisotopic (exact) mass is 312 g/mol. The van der Waals surface area contributed by atoms with Crippen molar-refractivity contribution in [3.8, 4) is 0 Å². The molecule has 0 spiro atoms. The Morgan fingerprint density at radius 2 is 1.62 bits per heavy atom. The maximum absolute atomic E-state index is 12.2. The van der Waals surface area contributed by atoms with Crippen molar-refractivity contribution in [2.75, 3.05) is 5.32 Å². The molecule has 2 unspecified atom stereocenters. The molecule has 1 heterocycles. The number of aromatic carboxylic acids is 1. The van der Waals surface area contributed by atoms with Gasteiger partial charge in [-0.15, -0.1) is 5.72 Å². The third kappa shape index (κ3) is 3.56. The predicted molar refractivity (Wildman–Crippen MR) is 95.2 cm³/mol. The molecule has 7 heteroatoms. The highest BCUT2D eigenvalue weighted by Gasteiger charge is 2.45. The van der Waals surface area contributed by atoms with Gasteiger partial charge >= 0.3 is 5.97 Å². The molecule has 24 heavy (non-hydrogen) atoms. The van der Waals surface area contributed by atoms with Gasteiger partial charge in [0.25, 0.3) is 5.91 Å². The van der Waals surface area contributed by atoms with E-state index >= 15 is 0 Å². The predicted octanol–water partition coefficient (Wildman–Crippen LogP) is 2.10. The van der Waals surface area contributed by atoms with E-state index in [1.807, 2.05) is 19.4 Å². The summed E-state index contributed by atoms with van der Waals surface area (Å²) in [6, 6.07) is 13.2. The molecule has 1 amide bonds. The summed E-state index contributed by atoms with van der Waals surface area (Å²) in [5.41, 5.74) is 2.17. The first-order valence-corrected chi connectivity index (χ1v) is 7.51. The molecule has 1 aliphatic heterocycles. The molecule has 0 aliphatic carbocycles. The minimum Gasteiger partial charge on any atom is -0.478 e. The molecule has 0 bridgehead atoms. The number of benzene rings is 2. The summed E-state index contributed by atoms with van der Waals surface area (Å²) < 4.78 is 0. The summed E-state index contributed by atoms with van der Waals surface area (Å²) in [7, 11) is 13.7. The number of nitrogens with one attached hydrogen (secondary N) is 1. The van der Waals surface area contributed by atoms with Crippen LogP contribution in [0, 0.1) is 0 Å². The van der Waals surface area contributed by atoms with Gasteiger partial charge in [0, 0.05) is 11.3 Å². The average molecular weight is 312 g/mol. The first-order valence-electron chi connectivity index (χ1n) is 7.51. The van der Waals surface area contributed by atoms with E-state index in [9.17, 15) is 9.59 Å². The van der Waals surface area contributed by atoms with Crippen LogP contribution in [0.15, 0.2) is 48.5 Å². The maximum atomic E-state index is 12.2. The SMILES string of the molecule is [B]C1[B]C1([B])Cc1ccc(NC(=O)c2ccc(C(=O)O)cc2)cc1. The van der Waals surface area contributed by atoms with Crippen molar-refractivity contribution >= 4 is 40.5 Å². The van der Waals surface area contributed by atoms with Crippen LogP contribution in [-0.2, 0) is 6.42 Å². The van der Waals surface area contributed by atoms with E-state index in [0.717, 1.165) is 5.56 Å². The molecule has 0 saturated carbocycles. The fourth-order valence-electron chi connectivity index (χ4n) is 2.49. The molecular weight excluding hydrogens is 299 g/mol. The second kappa shape index (κ2) is 6.23. The summed E-state index contributed by atoms with van der Waals surface area (Å²) >= 11 is 0. The zero-order valence-electron chi connectivity index (χ0n) is 12.9. The molecule has 4 nitrogen and oxygen atoms in total. The van der Waals surface area contributed by atoms with Crippen LogP contribution in [-0.4, -0.2) is 40.0 Å². The molecule has 2 atom stereocenters. The first-order chi connectivity index (χ1) is 11.4. The number of carboxylic acids is 1. The third-order valence-electron chi connectivity index (χ3n) is 4.12. The molecular formula is C17H13B3NO3. The summed E-state index contributed by atoms with van der Waals surface area (Å²) in [6.07, 6.45) is 0.666. The molecule has 0 aromatic heterocycles. The summed E-state index contributed by atoms with van der Waals surface area (Å²) in [5.74, 6) is -1.32. The second-order valence-electron chi connectivity index (χ2n) is 6.02. The number of amides is 1. The minimum atomic E-state index is -1.03. The number of anilines is 1. The fraction of sp³-hybridized carbons (Fsp3) is 0.176. The van der Waals surface area contributed by atoms with Crippen molar-refractivity contribution < 1.29 is 14.7 Å². The lowest BCUT2D eigenvalue weighted by atomic mass is 9.67. The summed E-state index contributed by atoms with van der Waals surface area (Å²) in [4.78, 5) is 23.0. The lowest BCUT2D eigenvalue weighted by molar-refractivity contribution is 0.0696. The largest absolute Gasteiger partial charge is 0.478 e. The van der Waals surface area contributed by atoms with E-state index in [-0.39, 0.29) is 17.2 Å². The molecule has 2 aromatic rings. The highest BCUT2D eigenvalue weighted by molar-refractivity contribution is 6.77. The topological polar surface area (TPSA) is 66.4 Å². The highest BCUT2D eigenvalue weighted by atomic mass is 16.4. The van der Waals surface area contributed by atoms with E-state index in [4.69, 9.17) is 20.8 Å². The Hall–Kier alpha value is -2.43. The van der Waals surface area contributed by atoms with E-state index < -0.39 is 11.2 Å². The number of hydrogen-bond acceptors (Lipinski definition) is 2. The van der Waals surface area contributed by atoms with Crippen molar-refractivity contribution in [1.82, 2.24) is 0 Å². The summed E-state index contributed by atoms with van der Waals surface area (Å²) in [5, 5.41) is 11.2. The first kappa shape index (κ1) is 16.4. The Balaban J connectivity index is 1.63. The van der Waals surface area contributed by atoms with Gasteiger partial charge in [0.2, 0.25) is 0 Å². The Morgan fingerprint density at radius 1 is 1.08 bits per heavy atom. The molecule has 3 rings (SSSR count). The van der Waals surface area contributed by atoms with Gasteiger partial charge in [-0.05, 0) is 48.4 Å². The van der Waals surface area contributed by atoms with Crippen molar-refractivity contribution in [3.05, 3.63) is 65.2 Å². The highest BCUT2D eigenvalue weighted by Crippen LogP contribution is 2.53. The normalized spacial score (nSPS) is 21.6. The molecule has 113 valence electrons. The molecule has 1 aliphatic rings. The van der Waals surface area contributed by atoms with Crippen LogP contribution in [0.1, 0.15) is 26.3 Å². The zero-order chi connectivity index (χ0) is 17.3. The van der Waals surface area contributed by atoms with Crippen LogP contribution in [0.4, 0.5) is 5.69 Å². The Morgan fingerprint density at radius 3 is 2.12 bits per heavy atom. The van der Waals surface area contributed by atoms with Gasteiger partial charge in [-0.2, -0.15) is 0 Å². The Bertz CT molecular complexity index is 777. The zero-order valence-corrected chi connectivity index (χ0v) is 12.9.